The molecule has 3 nitrogen and oxygen atoms in total. The molecule has 1 aliphatic heterocycles. The van der Waals surface area contributed by atoms with Gasteiger partial charge in [-0.2, -0.15) is 13.2 Å². The maximum atomic E-state index is 12.9. The zero-order chi connectivity index (χ0) is 16.4. The smallest absolute Gasteiger partial charge is 0.324 e. The first-order valence-electron chi connectivity index (χ1n) is 8.18. The summed E-state index contributed by atoms with van der Waals surface area (Å²) in [4.78, 5) is 13.7. The molecule has 0 saturated carbocycles. The van der Waals surface area contributed by atoms with Crippen LogP contribution in [0.4, 0.5) is 23.7 Å². The first-order valence-corrected chi connectivity index (χ1v) is 8.18. The summed E-state index contributed by atoms with van der Waals surface area (Å²) in [5.74, 6) is -1.41. The van der Waals surface area contributed by atoms with Gasteiger partial charge in [0.05, 0.1) is 5.92 Å². The number of rotatable bonds is 1. The molecule has 0 radical (unpaired) electrons. The van der Waals surface area contributed by atoms with Crippen LogP contribution < -0.4 is 5.32 Å². The fourth-order valence-corrected chi connectivity index (χ4v) is 3.52. The molecular formula is C17H21F3N2O. The number of benzene rings is 1. The third-order valence-corrected chi connectivity index (χ3v) is 4.81. The van der Waals surface area contributed by atoms with Gasteiger partial charge >= 0.3 is 12.2 Å². The van der Waals surface area contributed by atoms with E-state index in [0.717, 1.165) is 36.9 Å². The Morgan fingerprint density at radius 2 is 1.96 bits per heavy atom. The number of anilines is 1. The van der Waals surface area contributed by atoms with Gasteiger partial charge in [-0.3, -0.25) is 0 Å². The highest BCUT2D eigenvalue weighted by molar-refractivity contribution is 5.90. The molecule has 1 heterocycles. The number of nitrogens with zero attached hydrogens (tertiary/aromatic N) is 1. The van der Waals surface area contributed by atoms with Crippen molar-refractivity contribution in [3.63, 3.8) is 0 Å². The van der Waals surface area contributed by atoms with Gasteiger partial charge < -0.3 is 10.2 Å². The average Bonchev–Trinajstić information content (AvgIpc) is 2.54. The van der Waals surface area contributed by atoms with Crippen LogP contribution in [0.2, 0.25) is 0 Å². The van der Waals surface area contributed by atoms with Crippen molar-refractivity contribution in [3.8, 4) is 0 Å². The van der Waals surface area contributed by atoms with E-state index in [1.165, 1.54) is 10.5 Å². The number of piperidine rings is 1. The predicted octanol–water partition coefficient (Wildman–Crippen LogP) is 4.37. The monoisotopic (exact) mass is 326 g/mol. The molecule has 6 heteroatoms. The van der Waals surface area contributed by atoms with Gasteiger partial charge in [0.1, 0.15) is 0 Å². The van der Waals surface area contributed by atoms with Gasteiger partial charge in [-0.15, -0.1) is 0 Å². The Balaban J connectivity index is 1.70. The molecule has 2 amide bonds. The number of hydrogen-bond donors (Lipinski definition) is 1. The fourth-order valence-electron chi connectivity index (χ4n) is 3.52. The van der Waals surface area contributed by atoms with Crippen molar-refractivity contribution in [1.82, 2.24) is 4.90 Å². The van der Waals surface area contributed by atoms with E-state index in [4.69, 9.17) is 0 Å². The van der Waals surface area contributed by atoms with Gasteiger partial charge in [0.15, 0.2) is 0 Å². The summed E-state index contributed by atoms with van der Waals surface area (Å²) >= 11 is 0. The first kappa shape index (κ1) is 16.1. The van der Waals surface area contributed by atoms with Crippen molar-refractivity contribution < 1.29 is 18.0 Å². The summed E-state index contributed by atoms with van der Waals surface area (Å²) in [6.45, 7) is 0.137. The van der Waals surface area contributed by atoms with Crippen molar-refractivity contribution in [2.45, 2.75) is 44.7 Å². The third-order valence-electron chi connectivity index (χ3n) is 4.81. The Hall–Kier alpha value is -1.72. The molecule has 1 fully saturated rings. The summed E-state index contributed by atoms with van der Waals surface area (Å²) in [6, 6.07) is 5.38. The minimum Gasteiger partial charge on any atom is -0.324 e. The van der Waals surface area contributed by atoms with Gasteiger partial charge in [0.2, 0.25) is 0 Å². The molecule has 126 valence electrons. The molecule has 1 atom stereocenters. The fraction of sp³-hybridized carbons (Fsp3) is 0.588. The van der Waals surface area contributed by atoms with Gasteiger partial charge in [0.25, 0.3) is 0 Å². The second-order valence-electron chi connectivity index (χ2n) is 6.41. The Morgan fingerprint density at radius 3 is 2.74 bits per heavy atom. The molecule has 1 aromatic carbocycles. The number of alkyl halides is 3. The summed E-state index contributed by atoms with van der Waals surface area (Å²) in [7, 11) is 0. The second-order valence-corrected chi connectivity index (χ2v) is 6.41. The van der Waals surface area contributed by atoms with E-state index < -0.39 is 18.1 Å². The van der Waals surface area contributed by atoms with E-state index in [1.807, 2.05) is 12.1 Å². The largest absolute Gasteiger partial charge is 0.393 e. The van der Waals surface area contributed by atoms with E-state index in [1.54, 1.807) is 0 Å². The van der Waals surface area contributed by atoms with Crippen molar-refractivity contribution in [3.05, 3.63) is 29.3 Å². The lowest BCUT2D eigenvalue weighted by Crippen LogP contribution is -2.46. The normalized spacial score (nSPS) is 21.7. The topological polar surface area (TPSA) is 32.3 Å². The van der Waals surface area contributed by atoms with E-state index in [-0.39, 0.29) is 13.0 Å². The number of urea groups is 1. The highest BCUT2D eigenvalue weighted by atomic mass is 19.4. The van der Waals surface area contributed by atoms with Gasteiger partial charge in [0, 0.05) is 18.8 Å². The summed E-state index contributed by atoms with van der Waals surface area (Å²) in [5, 5.41) is 2.83. The van der Waals surface area contributed by atoms with Crippen molar-refractivity contribution >= 4 is 11.7 Å². The van der Waals surface area contributed by atoms with Crippen LogP contribution in [0.5, 0.6) is 0 Å². The molecule has 1 saturated heterocycles. The second kappa shape index (κ2) is 6.42. The highest BCUT2D eigenvalue weighted by Crippen LogP contribution is 2.33. The minimum absolute atomic E-state index is 0.105. The number of carbonyl (C=O) groups excluding carboxylic acids is 1. The number of carbonyl (C=O) groups is 1. The minimum atomic E-state index is -4.23. The highest BCUT2D eigenvalue weighted by Gasteiger charge is 2.42. The molecule has 1 aliphatic carbocycles. The molecule has 1 N–H and O–H groups in total. The quantitative estimate of drug-likeness (QED) is 0.816. The SMILES string of the molecule is O=C(Nc1cccc2c1CCCC2)N1CCC[C@@H](C(F)(F)F)C1. The zero-order valence-electron chi connectivity index (χ0n) is 13.0. The molecule has 0 unspecified atom stereocenters. The van der Waals surface area contributed by atoms with Crippen LogP contribution in [0.3, 0.4) is 0 Å². The number of hydrogen-bond acceptors (Lipinski definition) is 1. The number of halogens is 3. The van der Waals surface area contributed by atoms with Crippen LogP contribution in [0.25, 0.3) is 0 Å². The first-order chi connectivity index (χ1) is 10.9. The lowest BCUT2D eigenvalue weighted by atomic mass is 9.90. The van der Waals surface area contributed by atoms with Crippen molar-refractivity contribution in [2.75, 3.05) is 18.4 Å². The van der Waals surface area contributed by atoms with E-state index in [0.29, 0.717) is 13.0 Å². The van der Waals surface area contributed by atoms with Gasteiger partial charge in [-0.25, -0.2) is 4.79 Å². The Morgan fingerprint density at radius 1 is 1.17 bits per heavy atom. The van der Waals surface area contributed by atoms with E-state index >= 15 is 0 Å². The van der Waals surface area contributed by atoms with Crippen LogP contribution >= 0.6 is 0 Å². The lowest BCUT2D eigenvalue weighted by molar-refractivity contribution is -0.183. The molecule has 0 aromatic heterocycles. The van der Waals surface area contributed by atoms with Crippen LogP contribution in [0.1, 0.15) is 36.8 Å². The molecular weight excluding hydrogens is 305 g/mol. The number of nitrogens with one attached hydrogen (secondary N) is 1. The number of likely N-dealkylation sites (tertiary alicyclic amines) is 1. The number of aryl methyl sites for hydroxylation is 1. The van der Waals surface area contributed by atoms with Crippen LogP contribution in [0.15, 0.2) is 18.2 Å². The van der Waals surface area contributed by atoms with Crippen LogP contribution in [-0.2, 0) is 12.8 Å². The number of amides is 2. The van der Waals surface area contributed by atoms with Gasteiger partial charge in [-0.05, 0) is 55.7 Å². The molecule has 3 rings (SSSR count). The Labute approximate surface area is 133 Å². The maximum absolute atomic E-state index is 12.9. The Bertz CT molecular complexity index is 586. The summed E-state index contributed by atoms with van der Waals surface area (Å²) < 4.78 is 38.6. The molecule has 0 spiro atoms. The third kappa shape index (κ3) is 3.62. The van der Waals surface area contributed by atoms with Gasteiger partial charge in [-0.1, -0.05) is 12.1 Å². The molecule has 2 aliphatic rings. The number of fused-ring (bicyclic) bond motifs is 1. The standard InChI is InChI=1S/C17H21F3N2O/c18-17(19,20)13-7-4-10-22(11-13)16(23)21-15-9-3-6-12-5-1-2-8-14(12)15/h3,6,9,13H,1-2,4-5,7-8,10-11H2,(H,21,23)/t13-/m1/s1. The predicted molar refractivity (Wildman–Crippen MR) is 82.5 cm³/mol. The van der Waals surface area contributed by atoms with Crippen molar-refractivity contribution in [2.24, 2.45) is 5.92 Å². The van der Waals surface area contributed by atoms with Crippen molar-refractivity contribution in [1.29, 1.82) is 0 Å². The zero-order valence-corrected chi connectivity index (χ0v) is 13.0. The van der Waals surface area contributed by atoms with Crippen LogP contribution in [0, 0.1) is 5.92 Å². The summed E-state index contributed by atoms with van der Waals surface area (Å²) in [5.41, 5.74) is 3.12. The lowest BCUT2D eigenvalue weighted by Gasteiger charge is -2.34. The van der Waals surface area contributed by atoms with E-state index in [9.17, 15) is 18.0 Å². The Kier molecular flexibility index (Phi) is 4.50. The van der Waals surface area contributed by atoms with Crippen LogP contribution in [-0.4, -0.2) is 30.2 Å². The molecule has 0 bridgehead atoms. The molecule has 23 heavy (non-hydrogen) atoms. The summed E-state index contributed by atoms with van der Waals surface area (Å²) in [6.07, 6.45) is 0.406. The average molecular weight is 326 g/mol. The maximum Gasteiger partial charge on any atom is 0.393 e. The molecule has 1 aromatic rings. The van der Waals surface area contributed by atoms with E-state index in [2.05, 4.69) is 11.4 Å².